The van der Waals surface area contributed by atoms with E-state index in [1.165, 1.54) is 13.3 Å². The number of methoxy groups -OCH3 is 1. The summed E-state index contributed by atoms with van der Waals surface area (Å²) in [7, 11) is 1.39. The van der Waals surface area contributed by atoms with Crippen LogP contribution in [0.3, 0.4) is 0 Å². The lowest BCUT2D eigenvalue weighted by molar-refractivity contribution is -0.141. The molecule has 0 N–H and O–H groups in total. The third kappa shape index (κ3) is 2.27. The molecule has 1 atom stereocenters. The number of ether oxygens (including phenoxy) is 1. The van der Waals surface area contributed by atoms with Crippen LogP contribution in [-0.4, -0.2) is 36.9 Å². The zero-order valence-corrected chi connectivity index (χ0v) is 9.63. The highest BCUT2D eigenvalue weighted by atomic mass is 16.5. The molecule has 0 spiro atoms. The van der Waals surface area contributed by atoms with Crippen molar-refractivity contribution in [3.05, 3.63) is 23.9 Å². The molecule has 2 rings (SSSR count). The van der Waals surface area contributed by atoms with Crippen LogP contribution in [0.25, 0.3) is 0 Å². The Hall–Kier alpha value is -1.91. The SMILES string of the molecule is COC(=O)C1CCCN1c1ccc(C=O)cn1. The standard InChI is InChI=1S/C12H14N2O3/c1-17-12(16)10-3-2-6-14(10)11-5-4-9(8-15)7-13-11/h4-5,7-8,10H,2-3,6H2,1H3. The van der Waals surface area contributed by atoms with Crippen molar-refractivity contribution in [3.8, 4) is 0 Å². The summed E-state index contributed by atoms with van der Waals surface area (Å²) in [5.41, 5.74) is 0.530. The molecule has 1 aromatic rings. The van der Waals surface area contributed by atoms with Crippen molar-refractivity contribution >= 4 is 18.1 Å². The van der Waals surface area contributed by atoms with Crippen molar-refractivity contribution in [2.45, 2.75) is 18.9 Å². The van der Waals surface area contributed by atoms with Crippen molar-refractivity contribution in [1.29, 1.82) is 0 Å². The van der Waals surface area contributed by atoms with E-state index >= 15 is 0 Å². The van der Waals surface area contributed by atoms with Gasteiger partial charge in [-0.05, 0) is 25.0 Å². The second-order valence-corrected chi connectivity index (χ2v) is 3.94. The van der Waals surface area contributed by atoms with E-state index in [-0.39, 0.29) is 12.0 Å². The Morgan fingerprint density at radius 3 is 3.00 bits per heavy atom. The van der Waals surface area contributed by atoms with Gasteiger partial charge in [-0.3, -0.25) is 4.79 Å². The molecule has 90 valence electrons. The van der Waals surface area contributed by atoms with Crippen molar-refractivity contribution in [2.24, 2.45) is 0 Å². The topological polar surface area (TPSA) is 59.5 Å². The van der Waals surface area contributed by atoms with Crippen LogP contribution in [0.1, 0.15) is 23.2 Å². The van der Waals surface area contributed by atoms with E-state index in [1.807, 2.05) is 4.90 Å². The number of pyridine rings is 1. The van der Waals surface area contributed by atoms with Crippen molar-refractivity contribution < 1.29 is 14.3 Å². The summed E-state index contributed by atoms with van der Waals surface area (Å²) in [5, 5.41) is 0. The summed E-state index contributed by atoms with van der Waals surface area (Å²) >= 11 is 0. The van der Waals surface area contributed by atoms with E-state index in [0.717, 1.165) is 25.7 Å². The average Bonchev–Trinajstić information content (AvgIpc) is 2.87. The molecule has 5 nitrogen and oxygen atoms in total. The molecule has 0 amide bonds. The van der Waals surface area contributed by atoms with Crippen molar-refractivity contribution in [3.63, 3.8) is 0 Å². The van der Waals surface area contributed by atoms with Gasteiger partial charge < -0.3 is 9.64 Å². The monoisotopic (exact) mass is 234 g/mol. The number of aldehydes is 1. The van der Waals surface area contributed by atoms with Gasteiger partial charge in [-0.25, -0.2) is 9.78 Å². The fourth-order valence-corrected chi connectivity index (χ4v) is 2.06. The number of esters is 1. The summed E-state index contributed by atoms with van der Waals surface area (Å²) < 4.78 is 4.77. The molecule has 0 radical (unpaired) electrons. The Balaban J connectivity index is 2.19. The first-order valence-corrected chi connectivity index (χ1v) is 5.52. The molecule has 17 heavy (non-hydrogen) atoms. The maximum absolute atomic E-state index is 11.6. The van der Waals surface area contributed by atoms with E-state index in [1.54, 1.807) is 12.1 Å². The molecular weight excluding hydrogens is 220 g/mol. The highest BCUT2D eigenvalue weighted by Crippen LogP contribution is 2.24. The lowest BCUT2D eigenvalue weighted by Crippen LogP contribution is -2.37. The molecular formula is C12H14N2O3. The third-order valence-corrected chi connectivity index (χ3v) is 2.93. The normalized spacial score (nSPS) is 19.1. The fourth-order valence-electron chi connectivity index (χ4n) is 2.06. The largest absolute Gasteiger partial charge is 0.467 e. The third-order valence-electron chi connectivity index (χ3n) is 2.93. The lowest BCUT2D eigenvalue weighted by atomic mass is 10.2. The van der Waals surface area contributed by atoms with Crippen molar-refractivity contribution in [2.75, 3.05) is 18.6 Å². The maximum Gasteiger partial charge on any atom is 0.328 e. The molecule has 0 aromatic carbocycles. The smallest absolute Gasteiger partial charge is 0.328 e. The van der Waals surface area contributed by atoms with Gasteiger partial charge in [0.2, 0.25) is 0 Å². The Kier molecular flexibility index (Phi) is 3.37. The van der Waals surface area contributed by atoms with Gasteiger partial charge in [-0.15, -0.1) is 0 Å². The van der Waals surface area contributed by atoms with Crippen LogP contribution in [0, 0.1) is 0 Å². The van der Waals surface area contributed by atoms with E-state index in [0.29, 0.717) is 11.4 Å². The first kappa shape index (κ1) is 11.6. The molecule has 1 aromatic heterocycles. The number of nitrogens with zero attached hydrogens (tertiary/aromatic N) is 2. The van der Waals surface area contributed by atoms with Crippen LogP contribution in [-0.2, 0) is 9.53 Å². The van der Waals surface area contributed by atoms with Crippen LogP contribution >= 0.6 is 0 Å². The second-order valence-electron chi connectivity index (χ2n) is 3.94. The molecule has 1 saturated heterocycles. The summed E-state index contributed by atoms with van der Waals surface area (Å²) in [6.07, 6.45) is 3.98. The van der Waals surface area contributed by atoms with Crippen LogP contribution in [0.5, 0.6) is 0 Å². The predicted molar refractivity (Wildman–Crippen MR) is 62.0 cm³/mol. The molecule has 1 fully saturated rings. The van der Waals surface area contributed by atoms with Gasteiger partial charge in [-0.1, -0.05) is 0 Å². The first-order valence-electron chi connectivity index (χ1n) is 5.52. The van der Waals surface area contributed by atoms with E-state index in [9.17, 15) is 9.59 Å². The molecule has 1 aliphatic heterocycles. The number of hydrogen-bond acceptors (Lipinski definition) is 5. The first-order chi connectivity index (χ1) is 8.26. The van der Waals surface area contributed by atoms with E-state index in [2.05, 4.69) is 4.98 Å². The fraction of sp³-hybridized carbons (Fsp3) is 0.417. The number of carbonyl (C=O) groups is 2. The summed E-state index contributed by atoms with van der Waals surface area (Å²) in [4.78, 5) is 28.2. The Morgan fingerprint density at radius 2 is 2.41 bits per heavy atom. The van der Waals surface area contributed by atoms with Gasteiger partial charge in [0.1, 0.15) is 11.9 Å². The zero-order chi connectivity index (χ0) is 12.3. The Labute approximate surface area is 99.4 Å². The minimum atomic E-state index is -0.255. The van der Waals surface area contributed by atoms with Crippen LogP contribution in [0.2, 0.25) is 0 Å². The van der Waals surface area contributed by atoms with Crippen LogP contribution < -0.4 is 4.90 Å². The summed E-state index contributed by atoms with van der Waals surface area (Å²) in [6.45, 7) is 0.785. The highest BCUT2D eigenvalue weighted by Gasteiger charge is 2.32. The molecule has 1 unspecified atom stereocenters. The maximum atomic E-state index is 11.6. The van der Waals surface area contributed by atoms with Crippen LogP contribution in [0.4, 0.5) is 5.82 Å². The molecule has 0 aliphatic carbocycles. The predicted octanol–water partition coefficient (Wildman–Crippen LogP) is 1.04. The Bertz CT molecular complexity index is 416. The van der Waals surface area contributed by atoms with Gasteiger partial charge in [0.15, 0.2) is 6.29 Å². The van der Waals surface area contributed by atoms with Crippen LogP contribution in [0.15, 0.2) is 18.3 Å². The highest BCUT2D eigenvalue weighted by molar-refractivity contribution is 5.80. The molecule has 0 bridgehead atoms. The van der Waals surface area contributed by atoms with Crippen molar-refractivity contribution in [1.82, 2.24) is 4.98 Å². The minimum absolute atomic E-state index is 0.233. The number of hydrogen-bond donors (Lipinski definition) is 0. The van der Waals surface area contributed by atoms with Gasteiger partial charge >= 0.3 is 5.97 Å². The molecule has 0 saturated carbocycles. The number of aromatic nitrogens is 1. The molecule has 2 heterocycles. The second kappa shape index (κ2) is 4.95. The minimum Gasteiger partial charge on any atom is -0.467 e. The summed E-state index contributed by atoms with van der Waals surface area (Å²) in [6, 6.07) is 3.20. The van der Waals surface area contributed by atoms with Gasteiger partial charge in [-0.2, -0.15) is 0 Å². The average molecular weight is 234 g/mol. The molecule has 1 aliphatic rings. The number of carbonyl (C=O) groups excluding carboxylic acids is 2. The van der Waals surface area contributed by atoms with Gasteiger partial charge in [0.25, 0.3) is 0 Å². The summed E-state index contributed by atoms with van der Waals surface area (Å²) in [5.74, 6) is 0.479. The lowest BCUT2D eigenvalue weighted by Gasteiger charge is -2.23. The van der Waals surface area contributed by atoms with Gasteiger partial charge in [0.05, 0.1) is 7.11 Å². The number of anilines is 1. The zero-order valence-electron chi connectivity index (χ0n) is 9.63. The van der Waals surface area contributed by atoms with E-state index < -0.39 is 0 Å². The Morgan fingerprint density at radius 1 is 1.59 bits per heavy atom. The van der Waals surface area contributed by atoms with E-state index in [4.69, 9.17) is 4.74 Å². The number of rotatable bonds is 3. The quantitative estimate of drug-likeness (QED) is 0.577. The molecule has 5 heteroatoms. The van der Waals surface area contributed by atoms with Gasteiger partial charge in [0, 0.05) is 18.3 Å².